The van der Waals surface area contributed by atoms with Crippen molar-refractivity contribution in [1.82, 2.24) is 0 Å². The summed E-state index contributed by atoms with van der Waals surface area (Å²) in [5.41, 5.74) is 0. The monoisotopic (exact) mass is 845 g/mol. The first kappa shape index (κ1) is 57.1. The van der Waals surface area contributed by atoms with Gasteiger partial charge in [-0.1, -0.05) is 188 Å². The largest absolute Gasteiger partial charge is 0.462 e. The van der Waals surface area contributed by atoms with E-state index in [1.54, 1.807) is 0 Å². The van der Waals surface area contributed by atoms with Crippen LogP contribution in [0.3, 0.4) is 0 Å². The lowest BCUT2D eigenvalue weighted by Gasteiger charge is -2.18. The number of carbonyl (C=O) groups excluding carboxylic acids is 3. The van der Waals surface area contributed by atoms with Crippen molar-refractivity contribution in [2.45, 2.75) is 207 Å². The molecule has 0 aromatic heterocycles. The van der Waals surface area contributed by atoms with E-state index in [-0.39, 0.29) is 31.1 Å². The lowest BCUT2D eigenvalue weighted by atomic mass is 10.1. The predicted molar refractivity (Wildman–Crippen MR) is 260 cm³/mol. The van der Waals surface area contributed by atoms with Crippen LogP contribution in [0.25, 0.3) is 0 Å². The number of carbonyl (C=O) groups is 3. The van der Waals surface area contributed by atoms with Crippen LogP contribution in [-0.2, 0) is 28.6 Å². The van der Waals surface area contributed by atoms with E-state index in [2.05, 4.69) is 130 Å². The first-order valence-corrected chi connectivity index (χ1v) is 24.4. The van der Waals surface area contributed by atoms with Gasteiger partial charge in [-0.25, -0.2) is 0 Å². The summed E-state index contributed by atoms with van der Waals surface area (Å²) in [6.07, 6.45) is 65.1. The third-order valence-corrected chi connectivity index (χ3v) is 9.84. The fraction of sp³-hybridized carbons (Fsp3) is 0.618. The molecule has 0 aliphatic rings. The van der Waals surface area contributed by atoms with Crippen LogP contribution in [0.4, 0.5) is 0 Å². The van der Waals surface area contributed by atoms with Crippen LogP contribution >= 0.6 is 0 Å². The molecule has 344 valence electrons. The van der Waals surface area contributed by atoms with Crippen LogP contribution in [-0.4, -0.2) is 37.2 Å². The highest BCUT2D eigenvalue weighted by Crippen LogP contribution is 2.13. The van der Waals surface area contributed by atoms with E-state index in [1.165, 1.54) is 32.1 Å². The van der Waals surface area contributed by atoms with Crippen LogP contribution in [0.15, 0.2) is 109 Å². The molecule has 0 rings (SSSR count). The van der Waals surface area contributed by atoms with Gasteiger partial charge in [0.25, 0.3) is 0 Å². The van der Waals surface area contributed by atoms with E-state index in [1.807, 2.05) is 0 Å². The first-order chi connectivity index (χ1) is 30.0. The molecule has 0 saturated heterocycles. The smallest absolute Gasteiger partial charge is 0.306 e. The Morgan fingerprint density at radius 1 is 0.361 bits per heavy atom. The Balaban J connectivity index is 4.45. The second-order valence-corrected chi connectivity index (χ2v) is 15.7. The van der Waals surface area contributed by atoms with E-state index >= 15 is 0 Å². The molecule has 0 aromatic rings. The summed E-state index contributed by atoms with van der Waals surface area (Å²) in [7, 11) is 0. The maximum absolute atomic E-state index is 12.8. The molecule has 1 atom stereocenters. The molecule has 6 nitrogen and oxygen atoms in total. The van der Waals surface area contributed by atoms with Crippen molar-refractivity contribution in [2.75, 3.05) is 13.2 Å². The van der Waals surface area contributed by atoms with Crippen molar-refractivity contribution in [3.05, 3.63) is 109 Å². The quantitative estimate of drug-likeness (QED) is 0.0200. The molecule has 0 saturated carbocycles. The fourth-order valence-corrected chi connectivity index (χ4v) is 6.21. The topological polar surface area (TPSA) is 78.9 Å². The van der Waals surface area contributed by atoms with Crippen molar-refractivity contribution in [2.24, 2.45) is 0 Å². The normalized spacial score (nSPS) is 13.0. The number of hydrogen-bond acceptors (Lipinski definition) is 6. The zero-order valence-corrected chi connectivity index (χ0v) is 39.1. The summed E-state index contributed by atoms with van der Waals surface area (Å²) in [6, 6.07) is 0. The predicted octanol–water partition coefficient (Wildman–Crippen LogP) is 16.0. The lowest BCUT2D eigenvalue weighted by molar-refractivity contribution is -0.167. The van der Waals surface area contributed by atoms with Crippen molar-refractivity contribution in [3.63, 3.8) is 0 Å². The molecular weight excluding hydrogens is 757 g/mol. The summed E-state index contributed by atoms with van der Waals surface area (Å²) >= 11 is 0. The Morgan fingerprint density at radius 2 is 0.705 bits per heavy atom. The lowest BCUT2D eigenvalue weighted by Crippen LogP contribution is -2.30. The van der Waals surface area contributed by atoms with Crippen LogP contribution < -0.4 is 0 Å². The van der Waals surface area contributed by atoms with Gasteiger partial charge in [0, 0.05) is 19.3 Å². The molecule has 0 fully saturated rings. The first-order valence-electron chi connectivity index (χ1n) is 24.4. The van der Waals surface area contributed by atoms with E-state index < -0.39 is 6.10 Å². The molecule has 0 aliphatic carbocycles. The minimum absolute atomic E-state index is 0.109. The fourth-order valence-electron chi connectivity index (χ4n) is 6.21. The highest BCUT2D eigenvalue weighted by Gasteiger charge is 2.19. The second-order valence-electron chi connectivity index (χ2n) is 15.7. The molecule has 0 aromatic carbocycles. The SMILES string of the molecule is CC/C=C\C/C=C\C/C=C\CCCCCCCCC(=O)OC(COC(=O)CCCC/C=C\C/C=C\CC)COC(=O)CCCCCCC\C=C/C=C\C=C/C=C\CCCCC. The number of allylic oxidation sites excluding steroid dienone is 18. The minimum atomic E-state index is -0.808. The van der Waals surface area contributed by atoms with Gasteiger partial charge in [-0.3, -0.25) is 14.4 Å². The molecule has 0 amide bonds. The van der Waals surface area contributed by atoms with Crippen molar-refractivity contribution in [3.8, 4) is 0 Å². The van der Waals surface area contributed by atoms with Crippen molar-refractivity contribution >= 4 is 17.9 Å². The third-order valence-electron chi connectivity index (χ3n) is 9.84. The molecule has 0 N–H and O–H groups in total. The summed E-state index contributed by atoms with van der Waals surface area (Å²) in [4.78, 5) is 37.8. The molecule has 61 heavy (non-hydrogen) atoms. The third kappa shape index (κ3) is 47.0. The van der Waals surface area contributed by atoms with E-state index in [0.717, 1.165) is 128 Å². The molecule has 0 bridgehead atoms. The van der Waals surface area contributed by atoms with Crippen LogP contribution in [0.2, 0.25) is 0 Å². The van der Waals surface area contributed by atoms with Crippen LogP contribution in [0.5, 0.6) is 0 Å². The molecule has 0 spiro atoms. The van der Waals surface area contributed by atoms with Crippen LogP contribution in [0, 0.1) is 0 Å². The van der Waals surface area contributed by atoms with Gasteiger partial charge in [-0.15, -0.1) is 0 Å². The Hall–Kier alpha value is -3.93. The van der Waals surface area contributed by atoms with Gasteiger partial charge >= 0.3 is 17.9 Å². The number of unbranched alkanes of at least 4 members (excludes halogenated alkanes) is 16. The van der Waals surface area contributed by atoms with Gasteiger partial charge in [-0.05, 0) is 103 Å². The zero-order valence-electron chi connectivity index (χ0n) is 39.1. The number of hydrogen-bond donors (Lipinski definition) is 0. The molecule has 1 unspecified atom stereocenters. The van der Waals surface area contributed by atoms with E-state index in [9.17, 15) is 14.4 Å². The summed E-state index contributed by atoms with van der Waals surface area (Å²) in [5.74, 6) is -0.989. The highest BCUT2D eigenvalue weighted by atomic mass is 16.6. The maximum atomic E-state index is 12.8. The molecular formula is C55H88O6. The molecule has 6 heteroatoms. The average molecular weight is 845 g/mol. The van der Waals surface area contributed by atoms with Crippen LogP contribution in [0.1, 0.15) is 201 Å². The summed E-state index contributed by atoms with van der Waals surface area (Å²) < 4.78 is 16.7. The van der Waals surface area contributed by atoms with E-state index in [0.29, 0.717) is 19.3 Å². The second kappa shape index (κ2) is 48.7. The standard InChI is InChI=1S/C55H88O6/c1-4-7-10-13-16-19-21-23-25-27-28-30-31-33-36-39-42-45-48-54(57)60-51-52(50-59-53(56)47-44-41-38-35-18-15-12-9-6-3)61-55(58)49-46-43-40-37-34-32-29-26-24-22-20-17-14-11-8-5-2/h8-9,11-12,16-21,23-28,30,35,52H,4-7,10,13-15,22,29,31-34,36-51H2,1-3H3/b11-8-,12-9-,19-16-,20-17-,23-21-,26-24-,27-25-,30-28-,35-18-. The van der Waals surface area contributed by atoms with Crippen molar-refractivity contribution < 1.29 is 28.6 Å². The summed E-state index contributed by atoms with van der Waals surface area (Å²) in [6.45, 7) is 6.28. The number of rotatable bonds is 42. The Morgan fingerprint density at radius 3 is 1.18 bits per heavy atom. The highest BCUT2D eigenvalue weighted by molar-refractivity contribution is 5.71. The zero-order chi connectivity index (χ0) is 44.4. The Bertz CT molecular complexity index is 1290. The van der Waals surface area contributed by atoms with Crippen molar-refractivity contribution in [1.29, 1.82) is 0 Å². The molecule has 0 radical (unpaired) electrons. The average Bonchev–Trinajstić information content (AvgIpc) is 3.26. The number of ether oxygens (including phenoxy) is 3. The van der Waals surface area contributed by atoms with E-state index in [4.69, 9.17) is 14.2 Å². The van der Waals surface area contributed by atoms with Gasteiger partial charge in [0.05, 0.1) is 0 Å². The maximum Gasteiger partial charge on any atom is 0.306 e. The van der Waals surface area contributed by atoms with Gasteiger partial charge in [0.2, 0.25) is 0 Å². The number of esters is 3. The minimum Gasteiger partial charge on any atom is -0.462 e. The molecule has 0 aliphatic heterocycles. The van der Waals surface area contributed by atoms with Gasteiger partial charge in [-0.2, -0.15) is 0 Å². The van der Waals surface area contributed by atoms with Gasteiger partial charge in [0.1, 0.15) is 13.2 Å². The Labute approximate surface area is 374 Å². The Kier molecular flexibility index (Phi) is 45.6. The molecule has 0 heterocycles. The van der Waals surface area contributed by atoms with Gasteiger partial charge < -0.3 is 14.2 Å². The van der Waals surface area contributed by atoms with Gasteiger partial charge in [0.15, 0.2) is 6.10 Å². The summed E-state index contributed by atoms with van der Waals surface area (Å²) in [5, 5.41) is 0.